The van der Waals surface area contributed by atoms with E-state index in [4.69, 9.17) is 4.74 Å². The van der Waals surface area contributed by atoms with Crippen LogP contribution in [-0.2, 0) is 4.74 Å². The second-order valence-electron chi connectivity index (χ2n) is 5.71. The summed E-state index contributed by atoms with van der Waals surface area (Å²) in [4.78, 5) is 2.57. The molecule has 3 nitrogen and oxygen atoms in total. The molecule has 1 aliphatic rings. The van der Waals surface area contributed by atoms with Crippen LogP contribution >= 0.6 is 0 Å². The molecule has 2 unspecified atom stereocenters. The van der Waals surface area contributed by atoms with E-state index in [9.17, 15) is 0 Å². The molecule has 0 aromatic heterocycles. The first-order valence-electron chi connectivity index (χ1n) is 6.51. The Balaban J connectivity index is 2.39. The van der Waals surface area contributed by atoms with Gasteiger partial charge in [0, 0.05) is 19.1 Å². The number of ether oxygens (including phenoxy) is 1. The molecule has 0 saturated carbocycles. The van der Waals surface area contributed by atoms with E-state index in [2.05, 4.69) is 37.9 Å². The van der Waals surface area contributed by atoms with Gasteiger partial charge in [-0.1, -0.05) is 0 Å². The Morgan fingerprint density at radius 3 is 2.75 bits per heavy atom. The molecule has 3 heteroatoms. The Kier molecular flexibility index (Phi) is 5.22. The number of hydrogen-bond acceptors (Lipinski definition) is 3. The zero-order chi connectivity index (χ0) is 12.2. The summed E-state index contributed by atoms with van der Waals surface area (Å²) in [6.45, 7) is 12.1. The molecule has 1 aliphatic heterocycles. The smallest absolute Gasteiger partial charge is 0.0757 e. The van der Waals surface area contributed by atoms with E-state index < -0.39 is 0 Å². The van der Waals surface area contributed by atoms with Crippen molar-refractivity contribution >= 4 is 0 Å². The Bertz CT molecular complexity index is 206. The van der Waals surface area contributed by atoms with E-state index >= 15 is 0 Å². The van der Waals surface area contributed by atoms with Gasteiger partial charge in [0.1, 0.15) is 0 Å². The lowest BCUT2D eigenvalue weighted by atomic mass is 10.0. The van der Waals surface area contributed by atoms with Crippen molar-refractivity contribution in [3.63, 3.8) is 0 Å². The maximum Gasteiger partial charge on any atom is 0.0757 e. The minimum Gasteiger partial charge on any atom is -0.370 e. The Morgan fingerprint density at radius 1 is 1.50 bits per heavy atom. The molecule has 0 aromatic rings. The molecule has 0 spiro atoms. The molecule has 1 fully saturated rings. The molecular formula is C13H28N2O. The van der Waals surface area contributed by atoms with E-state index in [1.165, 1.54) is 12.8 Å². The minimum absolute atomic E-state index is 0.00886. The molecule has 1 N–H and O–H groups in total. The zero-order valence-electron chi connectivity index (χ0n) is 11.5. The quantitative estimate of drug-likeness (QED) is 0.727. The summed E-state index contributed by atoms with van der Waals surface area (Å²) in [7, 11) is 2.02. The van der Waals surface area contributed by atoms with Crippen LogP contribution in [0.25, 0.3) is 0 Å². The molecule has 1 saturated heterocycles. The van der Waals surface area contributed by atoms with Crippen LogP contribution in [0, 0.1) is 0 Å². The minimum atomic E-state index is 0.00886. The molecule has 16 heavy (non-hydrogen) atoms. The summed E-state index contributed by atoms with van der Waals surface area (Å²) in [5.74, 6) is 0. The number of morpholine rings is 1. The lowest BCUT2D eigenvalue weighted by Crippen LogP contribution is -2.54. The summed E-state index contributed by atoms with van der Waals surface area (Å²) in [5, 5.41) is 3.21. The zero-order valence-corrected chi connectivity index (χ0v) is 11.5. The topological polar surface area (TPSA) is 24.5 Å². The van der Waals surface area contributed by atoms with Crippen LogP contribution in [0.5, 0.6) is 0 Å². The maximum atomic E-state index is 5.93. The van der Waals surface area contributed by atoms with E-state index in [0.717, 1.165) is 19.6 Å². The van der Waals surface area contributed by atoms with Gasteiger partial charge in [-0.15, -0.1) is 0 Å². The third kappa shape index (κ3) is 4.40. The second kappa shape index (κ2) is 5.99. The lowest BCUT2D eigenvalue weighted by Gasteiger charge is -2.44. The predicted molar refractivity (Wildman–Crippen MR) is 68.8 cm³/mol. The van der Waals surface area contributed by atoms with Crippen molar-refractivity contribution in [3.8, 4) is 0 Å². The van der Waals surface area contributed by atoms with Crippen LogP contribution < -0.4 is 5.32 Å². The van der Waals surface area contributed by atoms with Gasteiger partial charge in [-0.3, -0.25) is 4.90 Å². The Morgan fingerprint density at radius 2 is 2.19 bits per heavy atom. The number of rotatable bonds is 5. The summed E-state index contributed by atoms with van der Waals surface area (Å²) >= 11 is 0. The van der Waals surface area contributed by atoms with Gasteiger partial charge in [0.25, 0.3) is 0 Å². The molecular weight excluding hydrogens is 200 g/mol. The van der Waals surface area contributed by atoms with Gasteiger partial charge in [-0.05, 0) is 54.1 Å². The van der Waals surface area contributed by atoms with E-state index in [-0.39, 0.29) is 5.60 Å². The summed E-state index contributed by atoms with van der Waals surface area (Å²) < 4.78 is 5.93. The van der Waals surface area contributed by atoms with Gasteiger partial charge in [0.2, 0.25) is 0 Å². The highest BCUT2D eigenvalue weighted by Gasteiger charge is 2.32. The molecule has 0 amide bonds. The standard InChI is InChI=1S/C13H28N2O/c1-11(7-6-8-14-5)15-9-12(2)16-13(3,4)10-15/h11-12,14H,6-10H2,1-5H3. The molecule has 2 atom stereocenters. The van der Waals surface area contributed by atoms with Crippen LogP contribution in [-0.4, -0.2) is 49.3 Å². The summed E-state index contributed by atoms with van der Waals surface area (Å²) in [5.41, 5.74) is 0.00886. The van der Waals surface area contributed by atoms with Crippen molar-refractivity contribution in [3.05, 3.63) is 0 Å². The van der Waals surface area contributed by atoms with Crippen LogP contribution in [0.2, 0.25) is 0 Å². The summed E-state index contributed by atoms with van der Waals surface area (Å²) in [6, 6.07) is 0.666. The van der Waals surface area contributed by atoms with Gasteiger partial charge in [-0.25, -0.2) is 0 Å². The van der Waals surface area contributed by atoms with Crippen molar-refractivity contribution in [1.29, 1.82) is 0 Å². The normalized spacial score (nSPS) is 27.9. The number of nitrogens with zero attached hydrogens (tertiary/aromatic N) is 1. The average Bonchev–Trinajstić information content (AvgIpc) is 2.14. The molecule has 0 radical (unpaired) electrons. The van der Waals surface area contributed by atoms with Crippen LogP contribution in [0.15, 0.2) is 0 Å². The first-order valence-corrected chi connectivity index (χ1v) is 6.51. The van der Waals surface area contributed by atoms with Gasteiger partial charge in [0.15, 0.2) is 0 Å². The van der Waals surface area contributed by atoms with Crippen LogP contribution in [0.4, 0.5) is 0 Å². The van der Waals surface area contributed by atoms with Crippen molar-refractivity contribution in [2.45, 2.75) is 58.3 Å². The molecule has 0 aliphatic carbocycles. The monoisotopic (exact) mass is 228 g/mol. The first kappa shape index (κ1) is 13.9. The van der Waals surface area contributed by atoms with E-state index in [0.29, 0.717) is 12.1 Å². The SMILES string of the molecule is CNCCCC(C)N1CC(C)OC(C)(C)C1. The van der Waals surface area contributed by atoms with Crippen molar-refractivity contribution < 1.29 is 4.74 Å². The van der Waals surface area contributed by atoms with Crippen LogP contribution in [0.1, 0.15) is 40.5 Å². The Hall–Kier alpha value is -0.120. The largest absolute Gasteiger partial charge is 0.370 e. The highest BCUT2D eigenvalue weighted by atomic mass is 16.5. The van der Waals surface area contributed by atoms with Gasteiger partial charge < -0.3 is 10.1 Å². The fourth-order valence-corrected chi connectivity index (χ4v) is 2.60. The fraction of sp³-hybridized carbons (Fsp3) is 1.00. The molecule has 1 heterocycles. The molecule has 1 rings (SSSR count). The number of nitrogens with one attached hydrogen (secondary N) is 1. The summed E-state index contributed by atoms with van der Waals surface area (Å²) in [6.07, 6.45) is 2.88. The highest BCUT2D eigenvalue weighted by Crippen LogP contribution is 2.23. The average molecular weight is 228 g/mol. The van der Waals surface area contributed by atoms with E-state index in [1.807, 2.05) is 7.05 Å². The number of hydrogen-bond donors (Lipinski definition) is 1. The second-order valence-corrected chi connectivity index (χ2v) is 5.71. The molecule has 96 valence electrons. The maximum absolute atomic E-state index is 5.93. The van der Waals surface area contributed by atoms with E-state index in [1.54, 1.807) is 0 Å². The van der Waals surface area contributed by atoms with Gasteiger partial charge >= 0.3 is 0 Å². The van der Waals surface area contributed by atoms with Crippen molar-refractivity contribution in [2.24, 2.45) is 0 Å². The third-order valence-electron chi connectivity index (χ3n) is 3.27. The third-order valence-corrected chi connectivity index (χ3v) is 3.27. The van der Waals surface area contributed by atoms with Crippen LogP contribution in [0.3, 0.4) is 0 Å². The highest BCUT2D eigenvalue weighted by molar-refractivity contribution is 4.85. The first-order chi connectivity index (χ1) is 7.44. The molecule has 0 bridgehead atoms. The lowest BCUT2D eigenvalue weighted by molar-refractivity contribution is -0.137. The fourth-order valence-electron chi connectivity index (χ4n) is 2.60. The van der Waals surface area contributed by atoms with Gasteiger partial charge in [0.05, 0.1) is 11.7 Å². The Labute approximate surface area is 101 Å². The molecule has 0 aromatic carbocycles. The van der Waals surface area contributed by atoms with Gasteiger partial charge in [-0.2, -0.15) is 0 Å². The van der Waals surface area contributed by atoms with Crippen molar-refractivity contribution in [2.75, 3.05) is 26.7 Å². The van der Waals surface area contributed by atoms with Crippen molar-refractivity contribution in [1.82, 2.24) is 10.2 Å². The predicted octanol–water partition coefficient (Wildman–Crippen LogP) is 1.87.